The van der Waals surface area contributed by atoms with Crippen LogP contribution in [0.1, 0.15) is 194 Å². The van der Waals surface area contributed by atoms with E-state index >= 15 is 0 Å². The topological polar surface area (TPSA) is 149 Å². The highest BCUT2D eigenvalue weighted by atomic mass is 16.7. The second kappa shape index (κ2) is 43.3. The van der Waals surface area contributed by atoms with Crippen LogP contribution in [0.3, 0.4) is 0 Å². The maximum Gasteiger partial charge on any atom is 0.220 e. The second-order valence-corrected chi connectivity index (χ2v) is 17.2. The Morgan fingerprint density at radius 3 is 1.52 bits per heavy atom. The summed E-state index contributed by atoms with van der Waals surface area (Å²) >= 11 is 0. The molecular formula is C54H93NO8. The number of aliphatic hydroxyl groups excluding tert-OH is 5. The smallest absolute Gasteiger partial charge is 0.220 e. The molecule has 0 aromatic carbocycles. The number of rotatable bonds is 41. The fraction of sp³-hybridized carbons (Fsp3) is 0.722. The van der Waals surface area contributed by atoms with Crippen LogP contribution in [0.4, 0.5) is 0 Å². The van der Waals surface area contributed by atoms with Crippen molar-refractivity contribution in [3.8, 4) is 0 Å². The van der Waals surface area contributed by atoms with E-state index in [4.69, 9.17) is 9.47 Å². The van der Waals surface area contributed by atoms with Crippen LogP contribution >= 0.6 is 0 Å². The lowest BCUT2D eigenvalue weighted by molar-refractivity contribution is -0.302. The monoisotopic (exact) mass is 884 g/mol. The SMILES string of the molecule is CC/C=C\C/C=C\C/C=C\C/C=C\CCCCC(=O)NC(COC1OC(CO)C(O)C(O)C1O)C(O)/C=C/CC/C=C/CC/C=C/CCCCCCCCCCCCCCCCC. The third-order valence-electron chi connectivity index (χ3n) is 11.4. The van der Waals surface area contributed by atoms with Gasteiger partial charge < -0.3 is 40.3 Å². The summed E-state index contributed by atoms with van der Waals surface area (Å²) in [5.74, 6) is -0.234. The van der Waals surface area contributed by atoms with Gasteiger partial charge in [0.15, 0.2) is 6.29 Å². The van der Waals surface area contributed by atoms with E-state index in [1.54, 1.807) is 6.08 Å². The quantitative estimate of drug-likeness (QED) is 0.0263. The molecule has 0 saturated carbocycles. The van der Waals surface area contributed by atoms with Gasteiger partial charge in [0.25, 0.3) is 0 Å². The maximum atomic E-state index is 13.0. The molecule has 0 spiro atoms. The predicted octanol–water partition coefficient (Wildman–Crippen LogP) is 11.5. The molecule has 1 fully saturated rings. The highest BCUT2D eigenvalue weighted by Gasteiger charge is 2.44. The molecule has 9 nitrogen and oxygen atoms in total. The van der Waals surface area contributed by atoms with Gasteiger partial charge in [-0.2, -0.15) is 0 Å². The summed E-state index contributed by atoms with van der Waals surface area (Å²) in [5.41, 5.74) is 0. The van der Waals surface area contributed by atoms with Gasteiger partial charge >= 0.3 is 0 Å². The van der Waals surface area contributed by atoms with Gasteiger partial charge in [-0.05, 0) is 83.5 Å². The number of carbonyl (C=O) groups excluding carboxylic acids is 1. The average Bonchev–Trinajstić information content (AvgIpc) is 3.28. The Balaban J connectivity index is 2.35. The zero-order valence-electron chi connectivity index (χ0n) is 39.8. The lowest BCUT2D eigenvalue weighted by Crippen LogP contribution is -2.60. The highest BCUT2D eigenvalue weighted by Crippen LogP contribution is 2.22. The van der Waals surface area contributed by atoms with Crippen molar-refractivity contribution in [1.82, 2.24) is 5.32 Å². The number of ether oxygens (including phenoxy) is 2. The molecule has 362 valence electrons. The number of hydrogen-bond acceptors (Lipinski definition) is 8. The Morgan fingerprint density at radius 2 is 1.00 bits per heavy atom. The second-order valence-electron chi connectivity index (χ2n) is 17.2. The van der Waals surface area contributed by atoms with Gasteiger partial charge in [-0.3, -0.25) is 4.79 Å². The Hall–Kier alpha value is -2.63. The van der Waals surface area contributed by atoms with Gasteiger partial charge in [0.05, 0.1) is 25.4 Å². The largest absolute Gasteiger partial charge is 0.394 e. The van der Waals surface area contributed by atoms with Crippen LogP contribution in [0, 0.1) is 0 Å². The van der Waals surface area contributed by atoms with Crippen molar-refractivity contribution >= 4 is 5.91 Å². The van der Waals surface area contributed by atoms with Crippen molar-refractivity contribution in [3.63, 3.8) is 0 Å². The van der Waals surface area contributed by atoms with Crippen LogP contribution in [0.2, 0.25) is 0 Å². The number of allylic oxidation sites excluding steroid dienone is 13. The Bertz CT molecular complexity index is 1260. The summed E-state index contributed by atoms with van der Waals surface area (Å²) in [5, 5.41) is 54.2. The molecule has 0 bridgehead atoms. The van der Waals surface area contributed by atoms with Crippen molar-refractivity contribution in [1.29, 1.82) is 0 Å². The highest BCUT2D eigenvalue weighted by molar-refractivity contribution is 5.76. The molecular weight excluding hydrogens is 791 g/mol. The summed E-state index contributed by atoms with van der Waals surface area (Å²) in [6.45, 7) is 3.60. The first-order valence-corrected chi connectivity index (χ1v) is 25.3. The molecule has 1 saturated heterocycles. The van der Waals surface area contributed by atoms with Crippen molar-refractivity contribution in [2.45, 2.75) is 236 Å². The summed E-state index contributed by atoms with van der Waals surface area (Å²) in [6, 6.07) is -0.854. The number of hydrogen-bond donors (Lipinski definition) is 6. The Morgan fingerprint density at radius 1 is 0.556 bits per heavy atom. The Labute approximate surface area is 384 Å². The number of nitrogens with one attached hydrogen (secondary N) is 1. The van der Waals surface area contributed by atoms with Crippen molar-refractivity contribution in [2.75, 3.05) is 13.2 Å². The van der Waals surface area contributed by atoms with Crippen LogP contribution in [0.5, 0.6) is 0 Å². The average molecular weight is 884 g/mol. The van der Waals surface area contributed by atoms with Crippen LogP contribution in [0.15, 0.2) is 85.1 Å². The zero-order chi connectivity index (χ0) is 45.9. The molecule has 6 N–H and O–H groups in total. The molecule has 1 aliphatic heterocycles. The third-order valence-corrected chi connectivity index (χ3v) is 11.4. The van der Waals surface area contributed by atoms with E-state index in [0.717, 1.165) is 64.2 Å². The van der Waals surface area contributed by atoms with E-state index in [9.17, 15) is 30.3 Å². The molecule has 0 radical (unpaired) electrons. The Kier molecular flexibility index (Phi) is 40.1. The van der Waals surface area contributed by atoms with Crippen LogP contribution < -0.4 is 5.32 Å². The van der Waals surface area contributed by atoms with Crippen LogP contribution in [-0.4, -0.2) is 87.5 Å². The molecule has 1 amide bonds. The third kappa shape index (κ3) is 33.5. The fourth-order valence-electron chi connectivity index (χ4n) is 7.41. The summed E-state index contributed by atoms with van der Waals surface area (Å²) < 4.78 is 11.2. The minimum absolute atomic E-state index is 0.227. The lowest BCUT2D eigenvalue weighted by Gasteiger charge is -2.40. The van der Waals surface area contributed by atoms with Gasteiger partial charge in [0.2, 0.25) is 5.91 Å². The molecule has 0 aromatic rings. The van der Waals surface area contributed by atoms with E-state index in [1.807, 2.05) is 6.08 Å². The molecule has 9 heteroatoms. The van der Waals surface area contributed by atoms with E-state index in [-0.39, 0.29) is 18.9 Å². The summed E-state index contributed by atoms with van der Waals surface area (Å²) in [7, 11) is 0. The van der Waals surface area contributed by atoms with Gasteiger partial charge in [-0.15, -0.1) is 0 Å². The standard InChI is InChI=1S/C54H93NO8/c1-3-5-7-9-11-13-15-17-19-20-21-22-23-24-25-26-27-28-30-31-33-35-37-39-41-43-48(57)47(46-62-54-53(61)52(60)51(59)49(45-56)63-54)55-50(58)44-42-40-38-36-34-32-29-18-16-14-12-10-8-6-4-2/h6,8,12,14,18,27-29,33-36,41,43,47-49,51-54,56-57,59-61H,3-5,7,9-11,13,15-17,19-26,30-32,37-40,42,44-46H2,1-2H3,(H,55,58)/b8-6-,14-12-,28-27+,29-18-,35-33+,36-34-,43-41+. The first-order chi connectivity index (χ1) is 30.8. The molecule has 1 aliphatic rings. The van der Waals surface area contributed by atoms with Gasteiger partial charge in [-0.1, -0.05) is 189 Å². The van der Waals surface area contributed by atoms with Crippen molar-refractivity contribution < 1.29 is 39.8 Å². The van der Waals surface area contributed by atoms with Crippen molar-refractivity contribution in [2.24, 2.45) is 0 Å². The first-order valence-electron chi connectivity index (χ1n) is 25.3. The van der Waals surface area contributed by atoms with Gasteiger partial charge in [-0.25, -0.2) is 0 Å². The van der Waals surface area contributed by atoms with E-state index < -0.39 is 49.5 Å². The summed E-state index contributed by atoms with van der Waals surface area (Å²) in [6.07, 6.45) is 53.6. The molecule has 7 unspecified atom stereocenters. The van der Waals surface area contributed by atoms with E-state index in [0.29, 0.717) is 12.8 Å². The lowest BCUT2D eigenvalue weighted by atomic mass is 9.99. The molecule has 1 rings (SSSR count). The van der Waals surface area contributed by atoms with Gasteiger partial charge in [0.1, 0.15) is 24.4 Å². The van der Waals surface area contributed by atoms with Crippen LogP contribution in [0.25, 0.3) is 0 Å². The van der Waals surface area contributed by atoms with Gasteiger partial charge in [0, 0.05) is 6.42 Å². The molecule has 1 heterocycles. The summed E-state index contributed by atoms with van der Waals surface area (Å²) in [4.78, 5) is 13.0. The van der Waals surface area contributed by atoms with E-state index in [2.05, 4.69) is 92.1 Å². The number of amides is 1. The first kappa shape index (κ1) is 58.4. The van der Waals surface area contributed by atoms with Crippen molar-refractivity contribution in [3.05, 3.63) is 85.1 Å². The fourth-order valence-corrected chi connectivity index (χ4v) is 7.41. The minimum atomic E-state index is -1.59. The van der Waals surface area contributed by atoms with E-state index in [1.165, 1.54) is 96.3 Å². The maximum absolute atomic E-state index is 13.0. The molecule has 7 atom stereocenters. The van der Waals surface area contributed by atoms with Crippen LogP contribution in [-0.2, 0) is 14.3 Å². The molecule has 63 heavy (non-hydrogen) atoms. The number of carbonyl (C=O) groups is 1. The number of aliphatic hydroxyl groups is 5. The molecule has 0 aliphatic carbocycles. The minimum Gasteiger partial charge on any atom is -0.394 e. The predicted molar refractivity (Wildman–Crippen MR) is 262 cm³/mol. The molecule has 0 aromatic heterocycles. The normalized spacial score (nSPS) is 20.9. The zero-order valence-corrected chi connectivity index (χ0v) is 39.8. The number of unbranched alkanes of at least 4 members (excludes halogenated alkanes) is 19.